The molecule has 208 valence electrons. The lowest BCUT2D eigenvalue weighted by Crippen LogP contribution is -2.21. The molecule has 0 saturated heterocycles. The molecule has 1 aromatic heterocycles. The van der Waals surface area contributed by atoms with Crippen LogP contribution in [-0.4, -0.2) is 23.3 Å². The summed E-state index contributed by atoms with van der Waals surface area (Å²) in [5.74, 6) is 0.875. The van der Waals surface area contributed by atoms with Crippen molar-refractivity contribution in [2.75, 3.05) is 7.05 Å². The zero-order valence-corrected chi connectivity index (χ0v) is 24.1. The fourth-order valence-electron chi connectivity index (χ4n) is 6.00. The van der Waals surface area contributed by atoms with Gasteiger partial charge < -0.3 is 9.88 Å². The Kier molecular flexibility index (Phi) is 7.02. The predicted molar refractivity (Wildman–Crippen MR) is 181 cm³/mol. The standard InChI is InChI=1S/C39H32N4/c1-41-39(42-38(40)28-14-6-3-7-15-28)32-18-11-19-33(25-32)43-36-21-9-8-20-34(36)35-23-22-31(26-37(35)43)30-17-10-16-29(24-30)27-12-4-2-5-13-27/h2-4,6-12,14-26H,5,13H2,1H3,(H2,40,41,42). The molecule has 1 heterocycles. The van der Waals surface area contributed by atoms with Crippen LogP contribution in [0.25, 0.3) is 44.2 Å². The van der Waals surface area contributed by atoms with Gasteiger partial charge in [0.25, 0.3) is 0 Å². The lowest BCUT2D eigenvalue weighted by Gasteiger charge is -2.13. The zero-order chi connectivity index (χ0) is 29.2. The summed E-state index contributed by atoms with van der Waals surface area (Å²) in [6.45, 7) is 0. The third-order valence-corrected chi connectivity index (χ3v) is 8.14. The summed E-state index contributed by atoms with van der Waals surface area (Å²) in [4.78, 5) is 4.65. The van der Waals surface area contributed by atoms with Crippen LogP contribution < -0.4 is 5.32 Å². The Morgan fingerprint density at radius 1 is 0.698 bits per heavy atom. The van der Waals surface area contributed by atoms with Crippen molar-refractivity contribution in [2.45, 2.75) is 12.8 Å². The van der Waals surface area contributed by atoms with Gasteiger partial charge in [-0.1, -0.05) is 109 Å². The van der Waals surface area contributed by atoms with Gasteiger partial charge in [0.2, 0.25) is 0 Å². The van der Waals surface area contributed by atoms with Gasteiger partial charge >= 0.3 is 0 Å². The maximum Gasteiger partial charge on any atom is 0.154 e. The molecule has 0 unspecified atom stereocenters. The first-order chi connectivity index (χ1) is 21.2. The van der Waals surface area contributed by atoms with Crippen LogP contribution in [0.3, 0.4) is 0 Å². The number of nitrogens with one attached hydrogen (secondary N) is 2. The molecule has 0 fully saturated rings. The van der Waals surface area contributed by atoms with E-state index in [-0.39, 0.29) is 5.84 Å². The average Bonchev–Trinajstić information content (AvgIpc) is 3.41. The molecule has 0 amide bonds. The van der Waals surface area contributed by atoms with Crippen LogP contribution in [0.5, 0.6) is 0 Å². The first-order valence-electron chi connectivity index (χ1n) is 14.7. The van der Waals surface area contributed by atoms with Gasteiger partial charge in [-0.15, -0.1) is 0 Å². The summed E-state index contributed by atoms with van der Waals surface area (Å²) < 4.78 is 2.34. The lowest BCUT2D eigenvalue weighted by atomic mass is 9.94. The highest BCUT2D eigenvalue weighted by atomic mass is 15.0. The second-order valence-corrected chi connectivity index (χ2v) is 10.8. The molecule has 0 atom stereocenters. The number of rotatable bonds is 5. The maximum atomic E-state index is 8.57. The van der Waals surface area contributed by atoms with E-state index in [1.165, 1.54) is 33.0 Å². The van der Waals surface area contributed by atoms with E-state index >= 15 is 0 Å². The van der Waals surface area contributed by atoms with Crippen molar-refractivity contribution < 1.29 is 0 Å². The minimum atomic E-state index is 0.221. The van der Waals surface area contributed by atoms with E-state index in [0.717, 1.165) is 40.7 Å². The molecule has 7 rings (SSSR count). The van der Waals surface area contributed by atoms with Crippen LogP contribution >= 0.6 is 0 Å². The summed E-state index contributed by atoms with van der Waals surface area (Å²) in [6.07, 6.45) is 8.80. The molecule has 5 aromatic carbocycles. The summed E-state index contributed by atoms with van der Waals surface area (Å²) in [6, 6.07) is 42.3. The van der Waals surface area contributed by atoms with Gasteiger partial charge in [-0.25, -0.2) is 4.99 Å². The van der Waals surface area contributed by atoms with E-state index in [1.54, 1.807) is 0 Å². The van der Waals surface area contributed by atoms with Crippen LogP contribution in [0.4, 0.5) is 0 Å². The molecule has 4 nitrogen and oxygen atoms in total. The van der Waals surface area contributed by atoms with E-state index in [4.69, 9.17) is 5.41 Å². The van der Waals surface area contributed by atoms with Crippen LogP contribution in [0, 0.1) is 5.41 Å². The molecule has 43 heavy (non-hydrogen) atoms. The highest BCUT2D eigenvalue weighted by molar-refractivity contribution is 6.12. The average molecular weight is 557 g/mol. The molecule has 0 bridgehead atoms. The number of hydrogen-bond donors (Lipinski definition) is 2. The summed E-state index contributed by atoms with van der Waals surface area (Å²) >= 11 is 0. The van der Waals surface area contributed by atoms with Gasteiger partial charge in [-0.05, 0) is 65.4 Å². The van der Waals surface area contributed by atoms with Gasteiger partial charge in [-0.3, -0.25) is 5.41 Å². The Labute approximate surface area is 251 Å². The van der Waals surface area contributed by atoms with Crippen LogP contribution in [0.2, 0.25) is 0 Å². The SMILES string of the molecule is CNC(=NC(=N)c1ccccc1)c1cccc(-n2c3ccccc3c3ccc(-c4cccc(C5=CC=CCC5)c4)cc32)c1. The number of nitrogens with zero attached hydrogens (tertiary/aromatic N) is 2. The minimum Gasteiger partial charge on any atom is -0.373 e. The Morgan fingerprint density at radius 2 is 1.44 bits per heavy atom. The van der Waals surface area contributed by atoms with E-state index in [9.17, 15) is 0 Å². The van der Waals surface area contributed by atoms with Crippen LogP contribution in [0.1, 0.15) is 29.5 Å². The summed E-state index contributed by atoms with van der Waals surface area (Å²) in [5.41, 5.74) is 10.1. The number of benzene rings is 5. The second kappa shape index (κ2) is 11.4. The number of fused-ring (bicyclic) bond motifs is 3. The molecule has 2 N–H and O–H groups in total. The molecular formula is C39H32N4. The van der Waals surface area contributed by atoms with Gasteiger partial charge in [0.15, 0.2) is 5.84 Å². The van der Waals surface area contributed by atoms with Gasteiger partial charge in [0.05, 0.1) is 11.0 Å². The van der Waals surface area contributed by atoms with Crippen molar-refractivity contribution >= 4 is 39.1 Å². The molecule has 0 spiro atoms. The lowest BCUT2D eigenvalue weighted by molar-refractivity contribution is 1.05. The summed E-state index contributed by atoms with van der Waals surface area (Å²) in [7, 11) is 1.85. The normalized spacial score (nSPS) is 13.3. The Balaban J connectivity index is 1.35. The largest absolute Gasteiger partial charge is 0.373 e. The van der Waals surface area contributed by atoms with Gasteiger partial charge in [0, 0.05) is 34.6 Å². The zero-order valence-electron chi connectivity index (χ0n) is 24.1. The van der Waals surface area contributed by atoms with Crippen molar-refractivity contribution in [3.63, 3.8) is 0 Å². The van der Waals surface area contributed by atoms with E-state index in [2.05, 4.69) is 118 Å². The van der Waals surface area contributed by atoms with Gasteiger partial charge in [-0.2, -0.15) is 0 Å². The third kappa shape index (κ3) is 5.08. The molecule has 0 radical (unpaired) electrons. The number of allylic oxidation sites excluding steroid dienone is 4. The van der Waals surface area contributed by atoms with Crippen molar-refractivity contribution in [3.05, 3.63) is 156 Å². The monoisotopic (exact) mass is 556 g/mol. The van der Waals surface area contributed by atoms with Crippen LogP contribution in [-0.2, 0) is 0 Å². The highest BCUT2D eigenvalue weighted by Gasteiger charge is 2.15. The minimum absolute atomic E-state index is 0.221. The van der Waals surface area contributed by atoms with Crippen molar-refractivity contribution in [2.24, 2.45) is 4.99 Å². The van der Waals surface area contributed by atoms with E-state index in [1.807, 2.05) is 43.4 Å². The Morgan fingerprint density at radius 3 is 2.28 bits per heavy atom. The number of hydrogen-bond acceptors (Lipinski definition) is 1. The molecule has 0 saturated carbocycles. The van der Waals surface area contributed by atoms with Gasteiger partial charge in [0.1, 0.15) is 5.84 Å². The molecular weight excluding hydrogens is 524 g/mol. The van der Waals surface area contributed by atoms with E-state index in [0.29, 0.717) is 5.84 Å². The third-order valence-electron chi connectivity index (χ3n) is 8.14. The predicted octanol–water partition coefficient (Wildman–Crippen LogP) is 9.18. The maximum absolute atomic E-state index is 8.57. The summed E-state index contributed by atoms with van der Waals surface area (Å²) in [5, 5.41) is 14.2. The Hall–Kier alpha value is -5.48. The molecule has 1 aliphatic carbocycles. The Bertz CT molecular complexity index is 2080. The fourth-order valence-corrected chi connectivity index (χ4v) is 6.00. The first kappa shape index (κ1) is 26.4. The smallest absolute Gasteiger partial charge is 0.154 e. The first-order valence-corrected chi connectivity index (χ1v) is 14.7. The molecule has 6 aromatic rings. The van der Waals surface area contributed by atoms with Crippen molar-refractivity contribution in [3.8, 4) is 16.8 Å². The van der Waals surface area contributed by atoms with E-state index < -0.39 is 0 Å². The highest BCUT2D eigenvalue weighted by Crippen LogP contribution is 2.36. The number of para-hydroxylation sites is 1. The quantitative estimate of drug-likeness (QED) is 0.161. The fraction of sp³-hybridized carbons (Fsp3) is 0.0769. The second-order valence-electron chi connectivity index (χ2n) is 10.8. The molecule has 0 aliphatic heterocycles. The number of aliphatic imine (C=N–C) groups is 1. The molecule has 4 heteroatoms. The van der Waals surface area contributed by atoms with Crippen molar-refractivity contribution in [1.82, 2.24) is 9.88 Å². The molecule has 1 aliphatic rings. The number of aromatic nitrogens is 1. The number of amidine groups is 2. The van der Waals surface area contributed by atoms with Crippen LogP contribution in [0.15, 0.2) is 145 Å². The topological polar surface area (TPSA) is 53.2 Å². The van der Waals surface area contributed by atoms with Crippen molar-refractivity contribution in [1.29, 1.82) is 5.41 Å².